The Balaban J connectivity index is 1.56. The van der Waals surface area contributed by atoms with Gasteiger partial charge in [-0.05, 0) is 38.2 Å². The highest BCUT2D eigenvalue weighted by molar-refractivity contribution is 7.80. The van der Waals surface area contributed by atoms with Crippen LogP contribution < -0.4 is 15.8 Å². The molecule has 172 valence electrons. The third kappa shape index (κ3) is 6.00. The number of carbonyl (C=O) groups is 1. The van der Waals surface area contributed by atoms with E-state index in [4.69, 9.17) is 39.0 Å². The molecule has 2 aliphatic heterocycles. The van der Waals surface area contributed by atoms with Crippen molar-refractivity contribution in [2.24, 2.45) is 5.92 Å². The fraction of sp³-hybridized carbons (Fsp3) is 0.636. The molecule has 7 nitrogen and oxygen atoms in total. The molecule has 0 aliphatic carbocycles. The minimum atomic E-state index is -0.234. The summed E-state index contributed by atoms with van der Waals surface area (Å²) in [4.78, 5) is 18.7. The molecule has 0 unspecified atom stereocenters. The van der Waals surface area contributed by atoms with E-state index in [1.165, 1.54) is 20.0 Å². The summed E-state index contributed by atoms with van der Waals surface area (Å²) in [5, 5.41) is 3.44. The van der Waals surface area contributed by atoms with Crippen LogP contribution in [-0.4, -0.2) is 79.8 Å². The predicted molar refractivity (Wildman–Crippen MR) is 128 cm³/mol. The number of benzene rings is 1. The van der Waals surface area contributed by atoms with Gasteiger partial charge >= 0.3 is 0 Å². The molecule has 31 heavy (non-hydrogen) atoms. The second kappa shape index (κ2) is 10.8. The number of rotatable bonds is 6. The van der Waals surface area contributed by atoms with Gasteiger partial charge in [-0.2, -0.15) is 0 Å². The molecule has 0 aromatic heterocycles. The minimum Gasteiger partial charge on any atom is -0.496 e. The van der Waals surface area contributed by atoms with Crippen molar-refractivity contribution in [2.75, 3.05) is 52.7 Å². The standard InChI is InChI=1S/C22H33ClN4O3S/c1-14(31)27-8-4-15(5-9-27)12-26-7-6-19(21(13-26)30-3)25-22(28)16-10-17(23)18(24)11-20(16)29-2/h10-11,15,19,21H,4-9,12-13,24H2,1-3H3,(H,25,28)/t19-,21+/m1/s1. The van der Waals surface area contributed by atoms with Gasteiger partial charge in [-0.25, -0.2) is 0 Å². The summed E-state index contributed by atoms with van der Waals surface area (Å²) in [5.41, 5.74) is 6.58. The zero-order valence-corrected chi connectivity index (χ0v) is 20.1. The van der Waals surface area contributed by atoms with Gasteiger partial charge in [-0.1, -0.05) is 23.8 Å². The summed E-state index contributed by atoms with van der Waals surface area (Å²) in [7, 11) is 3.21. The Kier molecular flexibility index (Phi) is 8.38. The Bertz CT molecular complexity index is 801. The lowest BCUT2D eigenvalue weighted by Crippen LogP contribution is -2.55. The molecular formula is C22H33ClN4O3S. The number of nitrogens with one attached hydrogen (secondary N) is 1. The number of thiocarbonyl (C=S) groups is 1. The zero-order chi connectivity index (χ0) is 22.5. The van der Waals surface area contributed by atoms with Gasteiger partial charge in [0.1, 0.15) is 5.75 Å². The normalized spacial score (nSPS) is 22.9. The first kappa shape index (κ1) is 24.0. The van der Waals surface area contributed by atoms with E-state index in [-0.39, 0.29) is 18.1 Å². The van der Waals surface area contributed by atoms with E-state index >= 15 is 0 Å². The number of methoxy groups -OCH3 is 2. The highest BCUT2D eigenvalue weighted by Crippen LogP contribution is 2.29. The molecule has 0 saturated carbocycles. The lowest BCUT2D eigenvalue weighted by Gasteiger charge is -2.41. The summed E-state index contributed by atoms with van der Waals surface area (Å²) in [5.74, 6) is 0.848. The van der Waals surface area contributed by atoms with Gasteiger partial charge in [-0.3, -0.25) is 4.79 Å². The maximum Gasteiger partial charge on any atom is 0.255 e. The number of halogens is 1. The third-order valence-corrected chi connectivity index (χ3v) is 6.99. The predicted octanol–water partition coefficient (Wildman–Crippen LogP) is 2.81. The second-order valence-corrected chi connectivity index (χ2v) is 9.42. The van der Waals surface area contributed by atoms with Crippen molar-refractivity contribution in [3.63, 3.8) is 0 Å². The van der Waals surface area contributed by atoms with Crippen LogP contribution >= 0.6 is 23.8 Å². The van der Waals surface area contributed by atoms with E-state index in [0.717, 1.165) is 44.1 Å². The Labute approximate surface area is 195 Å². The number of hydrogen-bond donors (Lipinski definition) is 2. The van der Waals surface area contributed by atoms with Gasteiger partial charge in [0.15, 0.2) is 0 Å². The molecule has 9 heteroatoms. The van der Waals surface area contributed by atoms with Crippen LogP contribution in [0.15, 0.2) is 12.1 Å². The number of anilines is 1. The Morgan fingerprint density at radius 3 is 2.58 bits per heavy atom. The van der Waals surface area contributed by atoms with E-state index in [1.54, 1.807) is 19.2 Å². The molecular weight excluding hydrogens is 436 g/mol. The lowest BCUT2D eigenvalue weighted by molar-refractivity contribution is -0.000270. The topological polar surface area (TPSA) is 80.1 Å². The van der Waals surface area contributed by atoms with Crippen molar-refractivity contribution in [1.82, 2.24) is 15.1 Å². The Morgan fingerprint density at radius 1 is 1.26 bits per heavy atom. The summed E-state index contributed by atoms with van der Waals surface area (Å²) in [6, 6.07) is 3.05. The first-order valence-electron chi connectivity index (χ1n) is 10.8. The molecule has 0 radical (unpaired) electrons. The van der Waals surface area contributed by atoms with Crippen molar-refractivity contribution < 1.29 is 14.3 Å². The molecule has 2 atom stereocenters. The van der Waals surface area contributed by atoms with Crippen LogP contribution in [0.25, 0.3) is 0 Å². The molecule has 2 heterocycles. The highest BCUT2D eigenvalue weighted by atomic mass is 35.5. The fourth-order valence-electron chi connectivity index (χ4n) is 4.51. The van der Waals surface area contributed by atoms with E-state index in [2.05, 4.69) is 15.1 Å². The number of nitrogens with zero attached hydrogens (tertiary/aromatic N) is 2. The first-order chi connectivity index (χ1) is 14.8. The number of carbonyl (C=O) groups excluding carboxylic acids is 1. The molecule has 0 bridgehead atoms. The van der Waals surface area contributed by atoms with Crippen LogP contribution in [0.2, 0.25) is 5.02 Å². The zero-order valence-electron chi connectivity index (χ0n) is 18.5. The van der Waals surface area contributed by atoms with Gasteiger partial charge in [0.25, 0.3) is 5.91 Å². The van der Waals surface area contributed by atoms with Gasteiger partial charge in [-0.15, -0.1) is 0 Å². The number of likely N-dealkylation sites (tertiary alicyclic amines) is 2. The van der Waals surface area contributed by atoms with Crippen molar-refractivity contribution >= 4 is 40.4 Å². The Morgan fingerprint density at radius 2 is 1.97 bits per heavy atom. The summed E-state index contributed by atoms with van der Waals surface area (Å²) in [6.07, 6.45) is 3.09. The SMILES string of the molecule is COc1cc(N)c(Cl)cc1C(=O)N[C@@H]1CCN(CC2CCN(C(C)=S)CC2)C[C@@H]1OC. The molecule has 0 spiro atoms. The highest BCUT2D eigenvalue weighted by Gasteiger charge is 2.32. The monoisotopic (exact) mass is 468 g/mol. The fourth-order valence-corrected chi connectivity index (χ4v) is 4.85. The van der Waals surface area contributed by atoms with Crippen molar-refractivity contribution in [3.05, 3.63) is 22.7 Å². The molecule has 3 N–H and O–H groups in total. The lowest BCUT2D eigenvalue weighted by atomic mass is 9.94. The van der Waals surface area contributed by atoms with Crippen molar-refractivity contribution in [1.29, 1.82) is 0 Å². The quantitative estimate of drug-likeness (QED) is 0.490. The van der Waals surface area contributed by atoms with E-state index in [0.29, 0.717) is 27.9 Å². The number of amides is 1. The number of hydrogen-bond acceptors (Lipinski definition) is 6. The molecule has 2 saturated heterocycles. The average molecular weight is 469 g/mol. The van der Waals surface area contributed by atoms with Gasteiger partial charge in [0.05, 0.1) is 40.5 Å². The first-order valence-corrected chi connectivity index (χ1v) is 11.6. The third-order valence-electron chi connectivity index (χ3n) is 6.40. The molecule has 1 aromatic rings. The molecule has 2 aliphatic rings. The van der Waals surface area contributed by atoms with Crippen LogP contribution in [0.1, 0.15) is 36.5 Å². The molecule has 1 aromatic carbocycles. The number of nitrogen functional groups attached to an aromatic ring is 1. The van der Waals surface area contributed by atoms with Crippen LogP contribution in [0.3, 0.4) is 0 Å². The molecule has 2 fully saturated rings. The van der Waals surface area contributed by atoms with Crippen LogP contribution in [0.5, 0.6) is 5.75 Å². The number of piperidine rings is 2. The number of ether oxygens (including phenoxy) is 2. The van der Waals surface area contributed by atoms with Gasteiger partial charge in [0, 0.05) is 45.9 Å². The van der Waals surface area contributed by atoms with E-state index in [1.807, 2.05) is 6.92 Å². The maximum atomic E-state index is 12.9. The Hall–Kier alpha value is -1.61. The number of nitrogens with two attached hydrogens (primary N) is 1. The van der Waals surface area contributed by atoms with Gasteiger partial charge < -0.3 is 30.3 Å². The second-order valence-electron chi connectivity index (χ2n) is 8.43. The largest absolute Gasteiger partial charge is 0.496 e. The van der Waals surface area contributed by atoms with E-state index in [9.17, 15) is 4.79 Å². The average Bonchev–Trinajstić information content (AvgIpc) is 2.76. The molecule has 1 amide bonds. The maximum absolute atomic E-state index is 12.9. The smallest absolute Gasteiger partial charge is 0.255 e. The summed E-state index contributed by atoms with van der Waals surface area (Å²) in [6.45, 7) is 6.89. The van der Waals surface area contributed by atoms with Crippen LogP contribution in [0.4, 0.5) is 5.69 Å². The van der Waals surface area contributed by atoms with Crippen LogP contribution in [0, 0.1) is 5.92 Å². The van der Waals surface area contributed by atoms with Crippen molar-refractivity contribution in [2.45, 2.75) is 38.3 Å². The summed E-state index contributed by atoms with van der Waals surface area (Å²) < 4.78 is 11.1. The van der Waals surface area contributed by atoms with E-state index < -0.39 is 0 Å². The van der Waals surface area contributed by atoms with Crippen molar-refractivity contribution in [3.8, 4) is 5.75 Å². The van der Waals surface area contributed by atoms with Crippen LogP contribution in [-0.2, 0) is 4.74 Å². The summed E-state index contributed by atoms with van der Waals surface area (Å²) >= 11 is 11.4. The molecule has 3 rings (SSSR count). The minimum absolute atomic E-state index is 0.0729. The van der Waals surface area contributed by atoms with Gasteiger partial charge in [0.2, 0.25) is 0 Å².